The van der Waals surface area contributed by atoms with E-state index in [1.165, 1.54) is 0 Å². The van der Waals surface area contributed by atoms with Crippen LogP contribution in [0.15, 0.2) is 48.5 Å². The standard InChI is InChI=1S/C26H36N2O4/c1-18(2)22-13-8-9-14-23(22)32-17-24(29)28(19(3)25(30)27-26(4,5)6)16-20-11-10-12-21(15-20)31-7/h8-15,18-19H,16-17H2,1-7H3,(H,27,30)/t19-/m0/s1. The number of ether oxygens (including phenoxy) is 2. The molecule has 0 fully saturated rings. The average molecular weight is 441 g/mol. The molecule has 0 radical (unpaired) electrons. The topological polar surface area (TPSA) is 67.9 Å². The second kappa shape index (κ2) is 11.0. The summed E-state index contributed by atoms with van der Waals surface area (Å²) in [7, 11) is 1.60. The summed E-state index contributed by atoms with van der Waals surface area (Å²) in [6, 6.07) is 14.5. The highest BCUT2D eigenvalue weighted by atomic mass is 16.5. The van der Waals surface area contributed by atoms with Gasteiger partial charge in [0.2, 0.25) is 5.91 Å². The maximum atomic E-state index is 13.3. The Morgan fingerprint density at radius 2 is 1.72 bits per heavy atom. The lowest BCUT2D eigenvalue weighted by Crippen LogP contribution is -2.53. The Bertz CT molecular complexity index is 918. The van der Waals surface area contributed by atoms with Gasteiger partial charge in [-0.2, -0.15) is 0 Å². The number of methoxy groups -OCH3 is 1. The van der Waals surface area contributed by atoms with Gasteiger partial charge in [-0.25, -0.2) is 0 Å². The highest BCUT2D eigenvalue weighted by Crippen LogP contribution is 2.26. The van der Waals surface area contributed by atoms with Gasteiger partial charge in [-0.1, -0.05) is 44.2 Å². The molecule has 2 rings (SSSR count). The number of nitrogens with zero attached hydrogens (tertiary/aromatic N) is 1. The number of carbonyl (C=O) groups excluding carboxylic acids is 2. The van der Waals surface area contributed by atoms with Crippen LogP contribution >= 0.6 is 0 Å². The number of carbonyl (C=O) groups is 2. The molecule has 0 aromatic heterocycles. The van der Waals surface area contributed by atoms with Crippen LogP contribution in [0.1, 0.15) is 58.6 Å². The smallest absolute Gasteiger partial charge is 0.261 e. The van der Waals surface area contributed by atoms with Crippen molar-refractivity contribution in [3.63, 3.8) is 0 Å². The van der Waals surface area contributed by atoms with Crippen molar-refractivity contribution in [3.05, 3.63) is 59.7 Å². The van der Waals surface area contributed by atoms with Gasteiger partial charge in [0.05, 0.1) is 7.11 Å². The van der Waals surface area contributed by atoms with Crippen LogP contribution < -0.4 is 14.8 Å². The molecule has 1 atom stereocenters. The Hall–Kier alpha value is -3.02. The molecule has 2 aromatic carbocycles. The summed E-state index contributed by atoms with van der Waals surface area (Å²) in [4.78, 5) is 27.7. The van der Waals surface area contributed by atoms with Crippen molar-refractivity contribution in [1.82, 2.24) is 10.2 Å². The lowest BCUT2D eigenvalue weighted by atomic mass is 10.0. The molecule has 0 bridgehead atoms. The predicted octanol–water partition coefficient (Wildman–Crippen LogP) is 4.53. The Balaban J connectivity index is 2.24. The van der Waals surface area contributed by atoms with Gasteiger partial charge in [0.15, 0.2) is 6.61 Å². The van der Waals surface area contributed by atoms with Gasteiger partial charge in [0, 0.05) is 12.1 Å². The van der Waals surface area contributed by atoms with E-state index in [-0.39, 0.29) is 30.9 Å². The molecule has 2 aromatic rings. The van der Waals surface area contributed by atoms with E-state index in [9.17, 15) is 9.59 Å². The van der Waals surface area contributed by atoms with Crippen molar-refractivity contribution in [2.24, 2.45) is 0 Å². The van der Waals surface area contributed by atoms with E-state index < -0.39 is 11.6 Å². The number of amides is 2. The molecule has 0 aliphatic heterocycles. The Kier molecular flexibility index (Phi) is 8.70. The summed E-state index contributed by atoms with van der Waals surface area (Å²) in [6.07, 6.45) is 0. The number of hydrogen-bond acceptors (Lipinski definition) is 4. The molecular weight excluding hydrogens is 404 g/mol. The number of benzene rings is 2. The van der Waals surface area contributed by atoms with Crippen LogP contribution in [0.25, 0.3) is 0 Å². The third-order valence-electron chi connectivity index (χ3n) is 5.04. The molecule has 0 heterocycles. The quantitative estimate of drug-likeness (QED) is 0.622. The monoisotopic (exact) mass is 440 g/mol. The molecule has 6 heteroatoms. The minimum atomic E-state index is -0.670. The zero-order valence-electron chi connectivity index (χ0n) is 20.3. The molecule has 0 spiro atoms. The predicted molar refractivity (Wildman–Crippen MR) is 127 cm³/mol. The van der Waals surface area contributed by atoms with Crippen LogP contribution in [0.2, 0.25) is 0 Å². The van der Waals surface area contributed by atoms with E-state index >= 15 is 0 Å². The fourth-order valence-electron chi connectivity index (χ4n) is 3.34. The van der Waals surface area contributed by atoms with Crippen LogP contribution in [0.5, 0.6) is 11.5 Å². The molecule has 0 aliphatic carbocycles. The first kappa shape index (κ1) is 25.2. The highest BCUT2D eigenvalue weighted by Gasteiger charge is 2.29. The third-order valence-corrected chi connectivity index (χ3v) is 5.04. The lowest BCUT2D eigenvalue weighted by molar-refractivity contribution is -0.142. The normalized spacial score (nSPS) is 12.2. The summed E-state index contributed by atoms with van der Waals surface area (Å²) < 4.78 is 11.2. The van der Waals surface area contributed by atoms with Crippen LogP contribution in [0.4, 0.5) is 0 Å². The van der Waals surface area contributed by atoms with Gasteiger partial charge in [-0.15, -0.1) is 0 Å². The van der Waals surface area contributed by atoms with Crippen LogP contribution in [0.3, 0.4) is 0 Å². The Labute approximate surface area is 191 Å². The molecule has 0 aliphatic rings. The number of para-hydroxylation sites is 1. The van der Waals surface area contributed by atoms with Gasteiger partial charge >= 0.3 is 0 Å². The zero-order valence-corrected chi connectivity index (χ0v) is 20.3. The maximum Gasteiger partial charge on any atom is 0.261 e. The van der Waals surface area contributed by atoms with E-state index in [1.807, 2.05) is 69.3 Å². The summed E-state index contributed by atoms with van der Waals surface area (Å²) in [6.45, 7) is 11.8. The largest absolute Gasteiger partial charge is 0.497 e. The Morgan fingerprint density at radius 3 is 2.34 bits per heavy atom. The van der Waals surface area contributed by atoms with E-state index in [0.29, 0.717) is 11.5 Å². The summed E-state index contributed by atoms with van der Waals surface area (Å²) >= 11 is 0. The van der Waals surface area contributed by atoms with Crippen molar-refractivity contribution in [2.45, 2.75) is 65.6 Å². The van der Waals surface area contributed by atoms with E-state index in [2.05, 4.69) is 19.2 Å². The lowest BCUT2D eigenvalue weighted by Gasteiger charge is -2.31. The first-order chi connectivity index (χ1) is 15.0. The second-order valence-electron chi connectivity index (χ2n) is 9.27. The minimum absolute atomic E-state index is 0.152. The van der Waals surface area contributed by atoms with E-state index in [0.717, 1.165) is 11.1 Å². The van der Waals surface area contributed by atoms with Crippen LogP contribution in [-0.2, 0) is 16.1 Å². The fourth-order valence-corrected chi connectivity index (χ4v) is 3.34. The highest BCUT2D eigenvalue weighted by molar-refractivity contribution is 5.88. The maximum absolute atomic E-state index is 13.3. The number of nitrogens with one attached hydrogen (secondary N) is 1. The third kappa shape index (κ3) is 7.29. The summed E-state index contributed by atoms with van der Waals surface area (Å²) in [5.74, 6) is 1.18. The molecule has 1 N–H and O–H groups in total. The van der Waals surface area contributed by atoms with Crippen LogP contribution in [0, 0.1) is 0 Å². The molecule has 174 valence electrons. The van der Waals surface area contributed by atoms with Gasteiger partial charge in [-0.05, 0) is 62.9 Å². The fraction of sp³-hybridized carbons (Fsp3) is 0.462. The first-order valence-corrected chi connectivity index (χ1v) is 11.0. The van der Waals surface area contributed by atoms with Crippen molar-refractivity contribution in [2.75, 3.05) is 13.7 Å². The van der Waals surface area contributed by atoms with E-state index in [4.69, 9.17) is 9.47 Å². The van der Waals surface area contributed by atoms with Crippen molar-refractivity contribution in [1.29, 1.82) is 0 Å². The molecule has 32 heavy (non-hydrogen) atoms. The first-order valence-electron chi connectivity index (χ1n) is 11.0. The van der Waals surface area contributed by atoms with Crippen molar-refractivity contribution >= 4 is 11.8 Å². The van der Waals surface area contributed by atoms with Gasteiger partial charge in [0.25, 0.3) is 5.91 Å². The van der Waals surface area contributed by atoms with Crippen LogP contribution in [-0.4, -0.2) is 42.0 Å². The van der Waals surface area contributed by atoms with Gasteiger partial charge < -0.3 is 19.7 Å². The molecule has 6 nitrogen and oxygen atoms in total. The van der Waals surface area contributed by atoms with Gasteiger partial charge in [-0.3, -0.25) is 9.59 Å². The summed E-state index contributed by atoms with van der Waals surface area (Å²) in [5.41, 5.74) is 1.51. The van der Waals surface area contributed by atoms with Gasteiger partial charge in [0.1, 0.15) is 17.5 Å². The SMILES string of the molecule is COc1cccc(CN(C(=O)COc2ccccc2C(C)C)[C@@H](C)C(=O)NC(C)(C)C)c1. The summed E-state index contributed by atoms with van der Waals surface area (Å²) in [5, 5.41) is 2.96. The minimum Gasteiger partial charge on any atom is -0.497 e. The average Bonchev–Trinajstić information content (AvgIpc) is 2.74. The van der Waals surface area contributed by atoms with E-state index in [1.54, 1.807) is 18.9 Å². The molecular formula is C26H36N2O4. The second-order valence-corrected chi connectivity index (χ2v) is 9.27. The molecule has 0 saturated heterocycles. The molecule has 0 saturated carbocycles. The molecule has 0 unspecified atom stereocenters. The number of hydrogen-bond donors (Lipinski definition) is 1. The zero-order chi connectivity index (χ0) is 23.9. The molecule has 2 amide bonds. The number of rotatable bonds is 9. The van der Waals surface area contributed by atoms with Crippen molar-refractivity contribution < 1.29 is 19.1 Å². The Morgan fingerprint density at radius 1 is 1.03 bits per heavy atom. The van der Waals surface area contributed by atoms with Crippen molar-refractivity contribution in [3.8, 4) is 11.5 Å².